The van der Waals surface area contributed by atoms with E-state index in [2.05, 4.69) is 15.5 Å². The molecule has 0 bridgehead atoms. The second-order valence-electron chi connectivity index (χ2n) is 6.58. The van der Waals surface area contributed by atoms with Gasteiger partial charge in [0.2, 0.25) is 0 Å². The number of fused-ring (bicyclic) bond motifs is 1. The summed E-state index contributed by atoms with van der Waals surface area (Å²) in [6, 6.07) is 3.62. The Balaban J connectivity index is 1.47. The molecule has 2 aromatic heterocycles. The summed E-state index contributed by atoms with van der Waals surface area (Å²) in [6.45, 7) is 1.11. The highest BCUT2D eigenvalue weighted by atomic mass is 16.2. The van der Waals surface area contributed by atoms with Crippen molar-refractivity contribution in [3.8, 4) is 0 Å². The van der Waals surface area contributed by atoms with Crippen LogP contribution in [0.3, 0.4) is 0 Å². The van der Waals surface area contributed by atoms with Crippen molar-refractivity contribution < 1.29 is 9.59 Å². The van der Waals surface area contributed by atoms with Gasteiger partial charge in [-0.3, -0.25) is 14.7 Å². The van der Waals surface area contributed by atoms with Crippen LogP contribution in [0.1, 0.15) is 51.5 Å². The summed E-state index contributed by atoms with van der Waals surface area (Å²) < 4.78 is 1.78. The lowest BCUT2D eigenvalue weighted by atomic mass is 9.95. The predicted molar refractivity (Wildman–Crippen MR) is 94.6 cm³/mol. The molecule has 134 valence electrons. The third kappa shape index (κ3) is 3.75. The Morgan fingerprint density at radius 2 is 2.16 bits per heavy atom. The molecule has 25 heavy (non-hydrogen) atoms. The summed E-state index contributed by atoms with van der Waals surface area (Å²) in [5.41, 5.74) is 3.38. The molecule has 0 radical (unpaired) electrons. The second kappa shape index (κ2) is 7.55. The molecule has 0 saturated heterocycles. The summed E-state index contributed by atoms with van der Waals surface area (Å²) in [6.07, 6.45) is 6.70. The number of aromatic nitrogens is 3. The first-order valence-corrected chi connectivity index (χ1v) is 8.79. The van der Waals surface area contributed by atoms with Gasteiger partial charge in [-0.15, -0.1) is 0 Å². The number of aromatic amines is 1. The van der Waals surface area contributed by atoms with Gasteiger partial charge in [0, 0.05) is 44.6 Å². The summed E-state index contributed by atoms with van der Waals surface area (Å²) in [4.78, 5) is 26.3. The maximum Gasteiger partial charge on any atom is 0.274 e. The van der Waals surface area contributed by atoms with Gasteiger partial charge in [0.25, 0.3) is 11.8 Å². The van der Waals surface area contributed by atoms with Crippen LogP contribution in [0.5, 0.6) is 0 Å². The number of aryl methyl sites for hydroxylation is 2. The smallest absolute Gasteiger partial charge is 0.274 e. The Hall–Kier alpha value is -2.57. The SMILES string of the molecule is CN(CCCNC(=O)c1cccn1C)C(=O)c1n[nH]c2c1CCCC2. The number of hydrogen-bond donors (Lipinski definition) is 2. The number of rotatable bonds is 6. The van der Waals surface area contributed by atoms with E-state index in [0.717, 1.165) is 36.9 Å². The largest absolute Gasteiger partial charge is 0.351 e. The van der Waals surface area contributed by atoms with E-state index in [4.69, 9.17) is 0 Å². The topological polar surface area (TPSA) is 83.0 Å². The maximum absolute atomic E-state index is 12.6. The number of nitrogens with one attached hydrogen (secondary N) is 2. The van der Waals surface area contributed by atoms with Crippen molar-refractivity contribution in [2.24, 2.45) is 7.05 Å². The lowest BCUT2D eigenvalue weighted by molar-refractivity contribution is 0.0786. The van der Waals surface area contributed by atoms with Gasteiger partial charge in [0.05, 0.1) is 0 Å². The van der Waals surface area contributed by atoms with E-state index < -0.39 is 0 Å². The fourth-order valence-electron chi connectivity index (χ4n) is 3.25. The molecule has 0 saturated carbocycles. The molecular formula is C18H25N5O2. The van der Waals surface area contributed by atoms with Gasteiger partial charge in [-0.05, 0) is 44.2 Å². The van der Waals surface area contributed by atoms with Gasteiger partial charge in [-0.2, -0.15) is 5.10 Å². The van der Waals surface area contributed by atoms with E-state index in [1.54, 1.807) is 22.6 Å². The van der Waals surface area contributed by atoms with E-state index in [9.17, 15) is 9.59 Å². The Bertz CT molecular complexity index is 761. The van der Waals surface area contributed by atoms with Crippen molar-refractivity contribution >= 4 is 11.8 Å². The maximum atomic E-state index is 12.6. The molecular weight excluding hydrogens is 318 g/mol. The lowest BCUT2D eigenvalue weighted by Gasteiger charge is -2.18. The van der Waals surface area contributed by atoms with Crippen molar-refractivity contribution in [3.05, 3.63) is 41.0 Å². The molecule has 7 heteroatoms. The molecule has 2 N–H and O–H groups in total. The summed E-state index contributed by atoms with van der Waals surface area (Å²) >= 11 is 0. The van der Waals surface area contributed by atoms with E-state index in [-0.39, 0.29) is 11.8 Å². The van der Waals surface area contributed by atoms with Gasteiger partial charge >= 0.3 is 0 Å². The van der Waals surface area contributed by atoms with Crippen LogP contribution in [0.4, 0.5) is 0 Å². The quantitative estimate of drug-likeness (QED) is 0.780. The first-order chi connectivity index (χ1) is 12.1. The van der Waals surface area contributed by atoms with Crippen molar-refractivity contribution in [1.82, 2.24) is 25.0 Å². The average molecular weight is 343 g/mol. The van der Waals surface area contributed by atoms with E-state index >= 15 is 0 Å². The zero-order valence-electron chi connectivity index (χ0n) is 14.8. The Labute approximate surface area is 147 Å². The van der Waals surface area contributed by atoms with Crippen molar-refractivity contribution in [3.63, 3.8) is 0 Å². The van der Waals surface area contributed by atoms with Crippen LogP contribution >= 0.6 is 0 Å². The molecule has 0 aromatic carbocycles. The zero-order chi connectivity index (χ0) is 17.8. The van der Waals surface area contributed by atoms with Crippen molar-refractivity contribution in [1.29, 1.82) is 0 Å². The fraction of sp³-hybridized carbons (Fsp3) is 0.500. The number of H-pyrrole nitrogens is 1. The number of carbonyl (C=O) groups is 2. The molecule has 1 aliphatic carbocycles. The highest BCUT2D eigenvalue weighted by molar-refractivity contribution is 5.94. The Morgan fingerprint density at radius 3 is 2.92 bits per heavy atom. The van der Waals surface area contributed by atoms with Crippen LogP contribution in [0, 0.1) is 0 Å². The highest BCUT2D eigenvalue weighted by Gasteiger charge is 2.23. The first kappa shape index (κ1) is 17.3. The number of hydrogen-bond acceptors (Lipinski definition) is 3. The van der Waals surface area contributed by atoms with Gasteiger partial charge in [-0.25, -0.2) is 0 Å². The summed E-state index contributed by atoms with van der Waals surface area (Å²) in [5, 5.41) is 10.1. The van der Waals surface area contributed by atoms with Crippen LogP contribution in [0.2, 0.25) is 0 Å². The van der Waals surface area contributed by atoms with E-state index in [0.29, 0.717) is 30.9 Å². The van der Waals surface area contributed by atoms with Crippen LogP contribution in [0.25, 0.3) is 0 Å². The summed E-state index contributed by atoms with van der Waals surface area (Å²) in [7, 11) is 3.62. The van der Waals surface area contributed by atoms with Gasteiger partial charge < -0.3 is 14.8 Å². The van der Waals surface area contributed by atoms with Gasteiger partial charge in [0.15, 0.2) is 5.69 Å². The number of nitrogens with zero attached hydrogens (tertiary/aromatic N) is 3. The number of carbonyl (C=O) groups excluding carboxylic acids is 2. The second-order valence-corrected chi connectivity index (χ2v) is 6.58. The normalized spacial score (nSPS) is 13.4. The van der Waals surface area contributed by atoms with Gasteiger partial charge in [0.1, 0.15) is 5.69 Å². The van der Waals surface area contributed by atoms with Crippen LogP contribution in [-0.4, -0.2) is 51.6 Å². The third-order valence-corrected chi connectivity index (χ3v) is 4.74. The fourth-order valence-corrected chi connectivity index (χ4v) is 3.25. The Morgan fingerprint density at radius 1 is 1.36 bits per heavy atom. The molecule has 3 rings (SSSR count). The predicted octanol–water partition coefficient (Wildman–Crippen LogP) is 1.52. The lowest BCUT2D eigenvalue weighted by Crippen LogP contribution is -2.32. The molecule has 0 unspecified atom stereocenters. The molecule has 2 aromatic rings. The van der Waals surface area contributed by atoms with Crippen LogP contribution in [-0.2, 0) is 19.9 Å². The molecule has 0 aliphatic heterocycles. The first-order valence-electron chi connectivity index (χ1n) is 8.79. The van der Waals surface area contributed by atoms with Gasteiger partial charge in [-0.1, -0.05) is 0 Å². The number of amides is 2. The molecule has 1 aliphatic rings. The molecule has 0 atom stereocenters. The standard InChI is InChI=1S/C18H25N5O2/c1-22-11-5-9-15(22)17(24)19-10-6-12-23(2)18(25)16-13-7-3-4-8-14(13)20-21-16/h5,9,11H,3-4,6-8,10,12H2,1-2H3,(H,19,24)(H,20,21). The minimum absolute atomic E-state index is 0.0480. The molecule has 0 spiro atoms. The van der Waals surface area contributed by atoms with E-state index in [1.165, 1.54) is 0 Å². The summed E-state index contributed by atoms with van der Waals surface area (Å²) in [5.74, 6) is -0.143. The third-order valence-electron chi connectivity index (χ3n) is 4.74. The van der Waals surface area contributed by atoms with Crippen LogP contribution in [0.15, 0.2) is 18.3 Å². The molecule has 2 amide bonds. The average Bonchev–Trinajstić information content (AvgIpc) is 3.23. The van der Waals surface area contributed by atoms with Crippen LogP contribution < -0.4 is 5.32 Å². The monoisotopic (exact) mass is 343 g/mol. The van der Waals surface area contributed by atoms with Crippen molar-refractivity contribution in [2.75, 3.05) is 20.1 Å². The van der Waals surface area contributed by atoms with Crippen molar-refractivity contribution in [2.45, 2.75) is 32.1 Å². The Kier molecular flexibility index (Phi) is 5.21. The highest BCUT2D eigenvalue weighted by Crippen LogP contribution is 2.22. The minimum atomic E-state index is -0.0946. The molecule has 7 nitrogen and oxygen atoms in total. The minimum Gasteiger partial charge on any atom is -0.351 e. The molecule has 2 heterocycles. The molecule has 0 fully saturated rings. The zero-order valence-corrected chi connectivity index (χ0v) is 14.8. The van der Waals surface area contributed by atoms with E-state index in [1.807, 2.05) is 19.3 Å².